The number of hydrogen-bond donors (Lipinski definition) is 1. The number of aromatic hydroxyl groups is 1. The molecule has 0 saturated heterocycles. The normalized spacial score (nSPS) is 12.6. The molecule has 0 bridgehead atoms. The standard InChI is InChI=1S/C16H18ClNO2S/c1-10(15-5-4-6-21-15)18(3)9-12-7-13(17)8-14(11(2)19)16(12)20/h4-8,10,20H,9H2,1-3H3. The third-order valence-electron chi connectivity index (χ3n) is 3.57. The molecule has 1 unspecified atom stereocenters. The van der Waals surface area contributed by atoms with Crippen molar-refractivity contribution < 1.29 is 9.90 Å². The lowest BCUT2D eigenvalue weighted by Gasteiger charge is -2.24. The van der Waals surface area contributed by atoms with Crippen LogP contribution in [0, 0.1) is 0 Å². The van der Waals surface area contributed by atoms with Gasteiger partial charge in [-0.05, 0) is 44.5 Å². The SMILES string of the molecule is CC(=O)c1cc(Cl)cc(CN(C)C(C)c2cccs2)c1O. The third-order valence-corrected chi connectivity index (χ3v) is 4.83. The Bertz CT molecular complexity index is 640. The molecule has 0 fully saturated rings. The fraction of sp³-hybridized carbons (Fsp3) is 0.312. The van der Waals surface area contributed by atoms with Gasteiger partial charge in [0.1, 0.15) is 5.75 Å². The van der Waals surface area contributed by atoms with Gasteiger partial charge in [-0.2, -0.15) is 0 Å². The van der Waals surface area contributed by atoms with Crippen LogP contribution in [0.2, 0.25) is 5.02 Å². The van der Waals surface area contributed by atoms with E-state index >= 15 is 0 Å². The minimum absolute atomic E-state index is 0.0251. The van der Waals surface area contributed by atoms with Gasteiger partial charge in [-0.1, -0.05) is 17.7 Å². The summed E-state index contributed by atoms with van der Waals surface area (Å²) in [5.41, 5.74) is 0.938. The number of thiophene rings is 1. The lowest BCUT2D eigenvalue weighted by molar-refractivity contribution is 0.101. The van der Waals surface area contributed by atoms with E-state index in [2.05, 4.69) is 17.9 Å². The van der Waals surface area contributed by atoms with E-state index < -0.39 is 0 Å². The van der Waals surface area contributed by atoms with Crippen LogP contribution in [0.5, 0.6) is 5.75 Å². The molecule has 1 atom stereocenters. The van der Waals surface area contributed by atoms with E-state index in [0.29, 0.717) is 17.1 Å². The second-order valence-corrected chi connectivity index (χ2v) is 6.54. The van der Waals surface area contributed by atoms with Gasteiger partial charge in [-0.15, -0.1) is 11.3 Å². The molecule has 0 aliphatic rings. The Labute approximate surface area is 133 Å². The van der Waals surface area contributed by atoms with Crippen LogP contribution in [0.3, 0.4) is 0 Å². The molecular formula is C16H18ClNO2S. The molecule has 3 nitrogen and oxygen atoms in total. The van der Waals surface area contributed by atoms with Crippen molar-refractivity contribution in [2.45, 2.75) is 26.4 Å². The summed E-state index contributed by atoms with van der Waals surface area (Å²) in [5, 5.41) is 12.8. The molecule has 1 N–H and O–H groups in total. The molecule has 0 radical (unpaired) electrons. The van der Waals surface area contributed by atoms with E-state index in [4.69, 9.17) is 11.6 Å². The number of Topliss-reactive ketones (excluding diaryl/α,β-unsaturated/α-hetero) is 1. The molecule has 1 aromatic heterocycles. The van der Waals surface area contributed by atoms with Gasteiger partial charge in [0, 0.05) is 28.0 Å². The summed E-state index contributed by atoms with van der Waals surface area (Å²) < 4.78 is 0. The van der Waals surface area contributed by atoms with Crippen molar-refractivity contribution in [3.05, 3.63) is 50.7 Å². The number of nitrogens with zero attached hydrogens (tertiary/aromatic N) is 1. The lowest BCUT2D eigenvalue weighted by atomic mass is 10.0. The average molecular weight is 324 g/mol. The molecule has 0 aliphatic heterocycles. The maximum Gasteiger partial charge on any atom is 0.163 e. The van der Waals surface area contributed by atoms with Gasteiger partial charge in [0.25, 0.3) is 0 Å². The highest BCUT2D eigenvalue weighted by Crippen LogP contribution is 2.31. The van der Waals surface area contributed by atoms with Crippen molar-refractivity contribution in [2.75, 3.05) is 7.05 Å². The van der Waals surface area contributed by atoms with Crippen molar-refractivity contribution in [3.8, 4) is 5.75 Å². The molecule has 1 heterocycles. The lowest BCUT2D eigenvalue weighted by Crippen LogP contribution is -2.21. The van der Waals surface area contributed by atoms with Crippen LogP contribution in [-0.2, 0) is 6.54 Å². The molecule has 2 rings (SSSR count). The van der Waals surface area contributed by atoms with Crippen molar-refractivity contribution in [3.63, 3.8) is 0 Å². The van der Waals surface area contributed by atoms with Gasteiger partial charge < -0.3 is 5.11 Å². The summed E-state index contributed by atoms with van der Waals surface area (Å²) in [6.07, 6.45) is 0. The molecule has 5 heteroatoms. The van der Waals surface area contributed by atoms with Crippen LogP contribution in [-0.4, -0.2) is 22.8 Å². The van der Waals surface area contributed by atoms with E-state index in [1.165, 1.54) is 17.9 Å². The fourth-order valence-corrected chi connectivity index (χ4v) is 3.29. The number of rotatable bonds is 5. The Balaban J connectivity index is 2.25. The molecule has 0 amide bonds. The topological polar surface area (TPSA) is 40.5 Å². The summed E-state index contributed by atoms with van der Waals surface area (Å²) >= 11 is 7.75. The number of phenolic OH excluding ortho intramolecular Hbond substituents is 1. The van der Waals surface area contributed by atoms with E-state index in [9.17, 15) is 9.90 Å². The highest BCUT2D eigenvalue weighted by atomic mass is 35.5. The van der Waals surface area contributed by atoms with Crippen LogP contribution in [0.25, 0.3) is 0 Å². The van der Waals surface area contributed by atoms with E-state index in [1.807, 2.05) is 18.5 Å². The fourth-order valence-electron chi connectivity index (χ4n) is 2.20. The smallest absolute Gasteiger partial charge is 0.163 e. The quantitative estimate of drug-likeness (QED) is 0.823. The summed E-state index contributed by atoms with van der Waals surface area (Å²) in [6.45, 7) is 4.05. The van der Waals surface area contributed by atoms with Gasteiger partial charge in [0.2, 0.25) is 0 Å². The van der Waals surface area contributed by atoms with E-state index in [0.717, 1.165) is 0 Å². The van der Waals surface area contributed by atoms with Crippen LogP contribution < -0.4 is 0 Å². The minimum Gasteiger partial charge on any atom is -0.507 e. The third kappa shape index (κ3) is 3.64. The number of ketones is 1. The van der Waals surface area contributed by atoms with E-state index in [1.54, 1.807) is 17.4 Å². The van der Waals surface area contributed by atoms with Crippen LogP contribution in [0.1, 0.15) is 40.7 Å². The Kier molecular flexibility index (Phi) is 5.04. The Morgan fingerprint density at radius 2 is 2.19 bits per heavy atom. The number of halogens is 1. The van der Waals surface area contributed by atoms with Crippen molar-refractivity contribution in [2.24, 2.45) is 0 Å². The average Bonchev–Trinajstić information content (AvgIpc) is 2.95. The van der Waals surface area contributed by atoms with Crippen LogP contribution in [0.4, 0.5) is 0 Å². The molecule has 0 saturated carbocycles. The predicted molar refractivity (Wildman–Crippen MR) is 87.3 cm³/mol. The van der Waals surface area contributed by atoms with Gasteiger partial charge in [-0.3, -0.25) is 9.69 Å². The Morgan fingerprint density at radius 1 is 1.48 bits per heavy atom. The first kappa shape index (κ1) is 16.0. The number of carbonyl (C=O) groups is 1. The van der Waals surface area contributed by atoms with E-state index in [-0.39, 0.29) is 23.1 Å². The molecule has 21 heavy (non-hydrogen) atoms. The Hall–Kier alpha value is -1.36. The number of carbonyl (C=O) groups excluding carboxylic acids is 1. The van der Waals surface area contributed by atoms with Gasteiger partial charge in [-0.25, -0.2) is 0 Å². The second kappa shape index (κ2) is 6.60. The largest absolute Gasteiger partial charge is 0.507 e. The summed E-state index contributed by atoms with van der Waals surface area (Å²) in [4.78, 5) is 14.9. The van der Waals surface area contributed by atoms with Crippen LogP contribution >= 0.6 is 22.9 Å². The van der Waals surface area contributed by atoms with Crippen molar-refractivity contribution in [1.82, 2.24) is 4.90 Å². The summed E-state index contributed by atoms with van der Waals surface area (Å²) in [7, 11) is 1.98. The zero-order chi connectivity index (χ0) is 15.6. The molecule has 112 valence electrons. The van der Waals surface area contributed by atoms with Gasteiger partial charge in [0.05, 0.1) is 5.56 Å². The molecular weight excluding hydrogens is 306 g/mol. The highest BCUT2D eigenvalue weighted by molar-refractivity contribution is 7.10. The number of benzene rings is 1. The first-order valence-electron chi connectivity index (χ1n) is 6.66. The molecule has 0 spiro atoms. The monoisotopic (exact) mass is 323 g/mol. The Morgan fingerprint density at radius 3 is 2.76 bits per heavy atom. The first-order chi connectivity index (χ1) is 9.90. The maximum absolute atomic E-state index is 11.5. The molecule has 2 aromatic rings. The van der Waals surface area contributed by atoms with Crippen LogP contribution in [0.15, 0.2) is 29.6 Å². The maximum atomic E-state index is 11.5. The number of phenols is 1. The van der Waals surface area contributed by atoms with Gasteiger partial charge >= 0.3 is 0 Å². The summed E-state index contributed by atoms with van der Waals surface area (Å²) in [6, 6.07) is 7.55. The van der Waals surface area contributed by atoms with Crippen molar-refractivity contribution >= 4 is 28.7 Å². The van der Waals surface area contributed by atoms with Crippen molar-refractivity contribution in [1.29, 1.82) is 0 Å². The molecule has 0 aliphatic carbocycles. The minimum atomic E-state index is -0.190. The zero-order valence-corrected chi connectivity index (χ0v) is 13.8. The van der Waals surface area contributed by atoms with Gasteiger partial charge in [0.15, 0.2) is 5.78 Å². The highest BCUT2D eigenvalue weighted by Gasteiger charge is 2.18. The zero-order valence-electron chi connectivity index (χ0n) is 12.3. The number of hydrogen-bond acceptors (Lipinski definition) is 4. The second-order valence-electron chi connectivity index (χ2n) is 5.12. The molecule has 1 aromatic carbocycles. The first-order valence-corrected chi connectivity index (χ1v) is 7.92. The predicted octanol–water partition coefficient (Wildman–Crippen LogP) is 4.50. The summed E-state index contributed by atoms with van der Waals surface area (Å²) in [5.74, 6) is -0.165.